The number of carbonyl (C=O) groups is 1. The number of carbonyl (C=O) groups excluding carboxylic acids is 1. The van der Waals surface area contributed by atoms with Gasteiger partial charge in [-0.3, -0.25) is 4.79 Å². The van der Waals surface area contributed by atoms with Crippen molar-refractivity contribution in [1.82, 2.24) is 38.3 Å². The second-order valence-corrected chi connectivity index (χ2v) is 12.8. The van der Waals surface area contributed by atoms with E-state index in [4.69, 9.17) is 12.3 Å². The van der Waals surface area contributed by atoms with Crippen LogP contribution < -0.4 is 16.4 Å². The monoisotopic (exact) mass is 702 g/mol. The zero-order chi connectivity index (χ0) is 37.1. The maximum absolute atomic E-state index is 12.0. The molecule has 2 atom stereocenters. The highest BCUT2D eigenvalue weighted by atomic mass is 16.1. The Hall–Kier alpha value is -7.20. The zero-order valence-electron chi connectivity index (χ0n) is 29.7. The Labute approximate surface area is 306 Å². The van der Waals surface area contributed by atoms with Crippen LogP contribution in [0.1, 0.15) is 56.3 Å². The van der Waals surface area contributed by atoms with E-state index in [1.54, 1.807) is 27.6 Å². The molecule has 53 heavy (non-hydrogen) atoms. The molecule has 0 spiro atoms. The van der Waals surface area contributed by atoms with Gasteiger partial charge in [0.25, 0.3) is 5.91 Å². The minimum absolute atomic E-state index is 0.184. The third-order valence-electron chi connectivity index (χ3n) is 9.06. The van der Waals surface area contributed by atoms with Gasteiger partial charge in [0.1, 0.15) is 23.7 Å². The molecule has 0 aliphatic rings. The summed E-state index contributed by atoms with van der Waals surface area (Å²) in [7, 11) is 3.92. The fourth-order valence-corrected chi connectivity index (χ4v) is 6.44. The standard InChI is InChI=1S/C20H20N6O.C20H18N6/c1-13-5-3-6-14(11-13)17(20-22-8-10-25(20)2)24-18-15(19(21)27)12-23-26-9-4-7-16(18)26;1-14-6-4-7-15(12-14)18(20-22-9-11-25(20)3)24-19-16(21-2)13-23-26-10-5-8-17(19)26/h3-12,17,24H,1-2H3,(H2,21,27);4-13,18,24H,1,3H3. The first-order chi connectivity index (χ1) is 25.7. The molecule has 0 fully saturated rings. The summed E-state index contributed by atoms with van der Waals surface area (Å²) in [6, 6.07) is 23.7. The Morgan fingerprint density at radius 3 is 1.70 bits per heavy atom. The molecular weight excluding hydrogens is 665 g/mol. The molecule has 6 aromatic heterocycles. The fourth-order valence-electron chi connectivity index (χ4n) is 6.44. The first-order valence-corrected chi connectivity index (χ1v) is 16.9. The average Bonchev–Trinajstić information content (AvgIpc) is 3.98. The Bertz CT molecular complexity index is 2600. The number of aromatic nitrogens is 8. The first-order valence-electron chi connectivity index (χ1n) is 16.9. The maximum atomic E-state index is 12.0. The highest BCUT2D eigenvalue weighted by molar-refractivity contribution is 6.02. The third-order valence-corrected chi connectivity index (χ3v) is 9.06. The van der Waals surface area contributed by atoms with Crippen LogP contribution in [0.2, 0.25) is 0 Å². The number of rotatable bonds is 9. The number of hydrogen-bond acceptors (Lipinski definition) is 7. The highest BCUT2D eigenvalue weighted by Crippen LogP contribution is 2.35. The van der Waals surface area contributed by atoms with Crippen LogP contribution in [0.15, 0.2) is 122 Å². The van der Waals surface area contributed by atoms with E-state index in [-0.39, 0.29) is 12.1 Å². The summed E-state index contributed by atoms with van der Waals surface area (Å²) in [5, 5.41) is 15.6. The van der Waals surface area contributed by atoms with Crippen molar-refractivity contribution in [2.24, 2.45) is 19.8 Å². The summed E-state index contributed by atoms with van der Waals surface area (Å²) in [6.45, 7) is 11.6. The van der Waals surface area contributed by atoms with E-state index in [9.17, 15) is 4.79 Å². The lowest BCUT2D eigenvalue weighted by Gasteiger charge is -2.22. The first kappa shape index (κ1) is 34.3. The SMILES string of the molecule is Cc1cccc(C(Nc2c(C(N)=O)cnn3cccc23)c2nccn2C)c1.[C-]#[N+]c1cnn2cccc2c1NC(c1cccc(C)c1)c1nccn1C. The van der Waals surface area contributed by atoms with Crippen molar-refractivity contribution >= 4 is 34.0 Å². The number of fused-ring (bicyclic) bond motifs is 2. The van der Waals surface area contributed by atoms with Gasteiger partial charge in [-0.05, 0) is 49.2 Å². The van der Waals surface area contributed by atoms with E-state index in [0.717, 1.165) is 45.1 Å². The van der Waals surface area contributed by atoms with Crippen LogP contribution in [-0.4, -0.2) is 44.2 Å². The quantitative estimate of drug-likeness (QED) is 0.140. The van der Waals surface area contributed by atoms with Crippen LogP contribution >= 0.6 is 0 Å². The number of benzene rings is 2. The second-order valence-electron chi connectivity index (χ2n) is 12.8. The van der Waals surface area contributed by atoms with Crippen molar-refractivity contribution in [3.05, 3.63) is 173 Å². The third kappa shape index (κ3) is 6.93. The molecule has 0 aliphatic heterocycles. The molecule has 8 rings (SSSR count). The molecule has 0 aliphatic carbocycles. The van der Waals surface area contributed by atoms with Gasteiger partial charge >= 0.3 is 0 Å². The van der Waals surface area contributed by atoms with E-state index in [1.807, 2.05) is 103 Å². The molecule has 6 heterocycles. The molecule has 4 N–H and O–H groups in total. The van der Waals surface area contributed by atoms with Crippen LogP contribution in [0.3, 0.4) is 0 Å². The van der Waals surface area contributed by atoms with Crippen LogP contribution in [0.4, 0.5) is 17.1 Å². The maximum Gasteiger partial charge on any atom is 0.252 e. The minimum atomic E-state index is -0.531. The van der Waals surface area contributed by atoms with Gasteiger partial charge in [-0.1, -0.05) is 59.7 Å². The normalized spacial score (nSPS) is 12.1. The van der Waals surface area contributed by atoms with Crippen molar-refractivity contribution in [2.45, 2.75) is 25.9 Å². The molecule has 0 saturated carbocycles. The van der Waals surface area contributed by atoms with Gasteiger partial charge in [-0.25, -0.2) is 23.8 Å². The van der Waals surface area contributed by atoms with Gasteiger partial charge in [0.05, 0.1) is 46.9 Å². The Morgan fingerprint density at radius 1 is 0.717 bits per heavy atom. The topological polar surface area (TPSA) is 142 Å². The van der Waals surface area contributed by atoms with E-state index < -0.39 is 5.91 Å². The molecule has 13 nitrogen and oxygen atoms in total. The Morgan fingerprint density at radius 2 is 1.23 bits per heavy atom. The number of imidazole rings is 2. The molecule has 264 valence electrons. The molecule has 0 radical (unpaired) electrons. The summed E-state index contributed by atoms with van der Waals surface area (Å²) in [4.78, 5) is 24.7. The van der Waals surface area contributed by atoms with E-state index in [0.29, 0.717) is 16.9 Å². The summed E-state index contributed by atoms with van der Waals surface area (Å²) >= 11 is 0. The number of anilines is 2. The predicted molar refractivity (Wildman–Crippen MR) is 205 cm³/mol. The van der Waals surface area contributed by atoms with Crippen LogP contribution in [0.25, 0.3) is 15.9 Å². The van der Waals surface area contributed by atoms with E-state index >= 15 is 0 Å². The van der Waals surface area contributed by atoms with Gasteiger partial charge in [0, 0.05) is 51.3 Å². The Kier molecular flexibility index (Phi) is 9.42. The minimum Gasteiger partial charge on any atom is -0.379 e. The van der Waals surface area contributed by atoms with Crippen LogP contribution in [0, 0.1) is 20.4 Å². The fraction of sp³-hybridized carbons (Fsp3) is 0.150. The number of amides is 1. The van der Waals surface area contributed by atoms with Gasteiger partial charge in [-0.2, -0.15) is 10.2 Å². The summed E-state index contributed by atoms with van der Waals surface area (Å²) < 4.78 is 7.43. The van der Waals surface area contributed by atoms with Crippen molar-refractivity contribution in [2.75, 3.05) is 10.6 Å². The summed E-state index contributed by atoms with van der Waals surface area (Å²) in [6.07, 6.45) is 14.1. The molecule has 2 unspecified atom stereocenters. The number of nitrogens with one attached hydrogen (secondary N) is 2. The number of hydrogen-bond donors (Lipinski definition) is 3. The largest absolute Gasteiger partial charge is 0.379 e. The number of aryl methyl sites for hydroxylation is 4. The Balaban J connectivity index is 0.000000164. The molecule has 0 saturated heterocycles. The number of nitrogens with two attached hydrogens (primary N) is 1. The zero-order valence-corrected chi connectivity index (χ0v) is 29.7. The lowest BCUT2D eigenvalue weighted by molar-refractivity contribution is 0.100. The summed E-state index contributed by atoms with van der Waals surface area (Å²) in [5.74, 6) is 1.18. The highest BCUT2D eigenvalue weighted by Gasteiger charge is 2.24. The number of primary amides is 1. The van der Waals surface area contributed by atoms with Crippen molar-refractivity contribution in [3.8, 4) is 0 Å². The van der Waals surface area contributed by atoms with Gasteiger partial charge in [0.15, 0.2) is 0 Å². The van der Waals surface area contributed by atoms with Crippen molar-refractivity contribution < 1.29 is 4.79 Å². The second kappa shape index (κ2) is 14.6. The lowest BCUT2D eigenvalue weighted by atomic mass is 10.0. The van der Waals surface area contributed by atoms with Gasteiger partial charge in [0.2, 0.25) is 5.69 Å². The van der Waals surface area contributed by atoms with Gasteiger partial charge < -0.3 is 25.5 Å². The molecule has 1 amide bonds. The number of nitrogens with zero attached hydrogens (tertiary/aromatic N) is 9. The smallest absolute Gasteiger partial charge is 0.252 e. The van der Waals surface area contributed by atoms with Crippen molar-refractivity contribution in [3.63, 3.8) is 0 Å². The average molecular weight is 703 g/mol. The molecule has 2 aromatic carbocycles. The van der Waals surface area contributed by atoms with Crippen LogP contribution in [-0.2, 0) is 14.1 Å². The summed E-state index contributed by atoms with van der Waals surface area (Å²) in [5.41, 5.74) is 13.9. The van der Waals surface area contributed by atoms with Crippen molar-refractivity contribution in [1.29, 1.82) is 0 Å². The lowest BCUT2D eigenvalue weighted by Crippen LogP contribution is -2.21. The predicted octanol–water partition coefficient (Wildman–Crippen LogP) is 6.81. The van der Waals surface area contributed by atoms with E-state index in [1.165, 1.54) is 11.8 Å². The molecular formula is C40H38N12O. The van der Waals surface area contributed by atoms with E-state index in [2.05, 4.69) is 66.8 Å². The van der Waals surface area contributed by atoms with Gasteiger partial charge in [-0.15, -0.1) is 0 Å². The molecule has 13 heteroatoms. The molecule has 0 bridgehead atoms. The van der Waals surface area contributed by atoms with Crippen LogP contribution in [0.5, 0.6) is 0 Å². The molecule has 8 aromatic rings.